The Labute approximate surface area is 120 Å². The third-order valence-corrected chi connectivity index (χ3v) is 3.22. The van der Waals surface area contributed by atoms with Gasteiger partial charge in [-0.2, -0.15) is 0 Å². The van der Waals surface area contributed by atoms with Crippen molar-refractivity contribution < 1.29 is 13.7 Å². The van der Waals surface area contributed by atoms with E-state index >= 15 is 0 Å². The SMILES string of the molecule is Cc1cc(F)c(C(C)Nc2ccccc2[N+](=O)[O-])cc1F. The van der Waals surface area contributed by atoms with Crippen molar-refractivity contribution in [2.45, 2.75) is 19.9 Å². The molecular formula is C15H14F2N2O2. The third-order valence-electron chi connectivity index (χ3n) is 3.22. The van der Waals surface area contributed by atoms with Gasteiger partial charge in [0.25, 0.3) is 5.69 Å². The Bertz CT molecular complexity index is 689. The summed E-state index contributed by atoms with van der Waals surface area (Å²) in [4.78, 5) is 10.4. The van der Waals surface area contributed by atoms with Crippen LogP contribution >= 0.6 is 0 Å². The first-order valence-corrected chi connectivity index (χ1v) is 6.35. The largest absolute Gasteiger partial charge is 0.373 e. The van der Waals surface area contributed by atoms with E-state index in [-0.39, 0.29) is 22.5 Å². The fourth-order valence-electron chi connectivity index (χ4n) is 2.06. The van der Waals surface area contributed by atoms with E-state index in [1.807, 2.05) is 0 Å². The summed E-state index contributed by atoms with van der Waals surface area (Å²) in [6, 6.07) is 7.66. The molecule has 0 heterocycles. The van der Waals surface area contributed by atoms with Crippen LogP contribution in [0, 0.1) is 28.7 Å². The van der Waals surface area contributed by atoms with Gasteiger partial charge in [0.15, 0.2) is 0 Å². The minimum absolute atomic E-state index is 0.114. The highest BCUT2D eigenvalue weighted by atomic mass is 19.1. The van der Waals surface area contributed by atoms with Crippen molar-refractivity contribution in [1.82, 2.24) is 0 Å². The number of nitrogens with one attached hydrogen (secondary N) is 1. The predicted octanol–water partition coefficient (Wildman–Crippen LogP) is 4.35. The number of para-hydroxylation sites is 2. The molecule has 0 bridgehead atoms. The van der Waals surface area contributed by atoms with Crippen molar-refractivity contribution in [2.75, 3.05) is 5.32 Å². The van der Waals surface area contributed by atoms with Gasteiger partial charge in [-0.1, -0.05) is 12.1 Å². The summed E-state index contributed by atoms with van der Waals surface area (Å²) < 4.78 is 27.5. The molecule has 2 aromatic carbocycles. The van der Waals surface area contributed by atoms with Gasteiger partial charge >= 0.3 is 0 Å². The van der Waals surface area contributed by atoms with Crippen molar-refractivity contribution in [3.05, 3.63) is 69.3 Å². The summed E-state index contributed by atoms with van der Waals surface area (Å²) in [5.74, 6) is -1.06. The van der Waals surface area contributed by atoms with Gasteiger partial charge in [0, 0.05) is 11.6 Å². The standard InChI is InChI=1S/C15H14F2N2O2/c1-9-7-13(17)11(8-12(9)16)10(2)18-14-5-3-4-6-15(14)19(20)21/h3-8,10,18H,1-2H3. The lowest BCUT2D eigenvalue weighted by Gasteiger charge is -2.17. The second-order valence-corrected chi connectivity index (χ2v) is 4.76. The maximum absolute atomic E-state index is 13.9. The number of hydrogen-bond donors (Lipinski definition) is 1. The lowest BCUT2D eigenvalue weighted by Crippen LogP contribution is -2.11. The molecule has 1 N–H and O–H groups in total. The maximum Gasteiger partial charge on any atom is 0.292 e. The summed E-state index contributed by atoms with van der Waals surface area (Å²) in [6.07, 6.45) is 0. The Kier molecular flexibility index (Phi) is 4.16. The predicted molar refractivity (Wildman–Crippen MR) is 76.2 cm³/mol. The number of rotatable bonds is 4. The molecule has 4 nitrogen and oxygen atoms in total. The van der Waals surface area contributed by atoms with Crippen molar-refractivity contribution in [3.63, 3.8) is 0 Å². The number of nitro benzene ring substituents is 1. The molecule has 0 saturated heterocycles. The Balaban J connectivity index is 2.33. The van der Waals surface area contributed by atoms with Crippen LogP contribution in [-0.2, 0) is 0 Å². The maximum atomic E-state index is 13.9. The Morgan fingerprint density at radius 2 is 1.86 bits per heavy atom. The summed E-state index contributed by atoms with van der Waals surface area (Å²) >= 11 is 0. The zero-order valence-electron chi connectivity index (χ0n) is 11.6. The van der Waals surface area contributed by atoms with E-state index in [4.69, 9.17) is 0 Å². The second-order valence-electron chi connectivity index (χ2n) is 4.76. The topological polar surface area (TPSA) is 55.2 Å². The van der Waals surface area contributed by atoms with Gasteiger partial charge < -0.3 is 5.32 Å². The third kappa shape index (κ3) is 3.16. The summed E-state index contributed by atoms with van der Waals surface area (Å²) in [6.45, 7) is 3.09. The number of nitro groups is 1. The van der Waals surface area contributed by atoms with Crippen LogP contribution in [0.25, 0.3) is 0 Å². The van der Waals surface area contributed by atoms with Gasteiger partial charge in [0.2, 0.25) is 0 Å². The highest BCUT2D eigenvalue weighted by Crippen LogP contribution is 2.29. The zero-order valence-corrected chi connectivity index (χ0v) is 11.6. The molecule has 2 rings (SSSR count). The van der Waals surface area contributed by atoms with Crippen LogP contribution in [0.3, 0.4) is 0 Å². The van der Waals surface area contributed by atoms with E-state index < -0.39 is 22.6 Å². The van der Waals surface area contributed by atoms with Crippen LogP contribution in [0.2, 0.25) is 0 Å². The number of anilines is 1. The molecule has 0 aromatic heterocycles. The minimum atomic E-state index is -0.610. The number of benzene rings is 2. The Hall–Kier alpha value is -2.50. The van der Waals surface area contributed by atoms with Gasteiger partial charge in [0.1, 0.15) is 17.3 Å². The van der Waals surface area contributed by atoms with Crippen LogP contribution < -0.4 is 5.32 Å². The van der Waals surface area contributed by atoms with E-state index in [0.29, 0.717) is 0 Å². The first kappa shape index (κ1) is 14.9. The molecule has 1 atom stereocenters. The molecule has 0 aliphatic carbocycles. The normalized spacial score (nSPS) is 12.0. The van der Waals surface area contributed by atoms with Crippen LogP contribution in [0.5, 0.6) is 0 Å². The van der Waals surface area contributed by atoms with Crippen molar-refractivity contribution >= 4 is 11.4 Å². The fourth-order valence-corrected chi connectivity index (χ4v) is 2.06. The van der Waals surface area contributed by atoms with Crippen LogP contribution in [-0.4, -0.2) is 4.92 Å². The Morgan fingerprint density at radius 1 is 1.19 bits per heavy atom. The van der Waals surface area contributed by atoms with Crippen molar-refractivity contribution in [2.24, 2.45) is 0 Å². The lowest BCUT2D eigenvalue weighted by molar-refractivity contribution is -0.384. The molecule has 1 unspecified atom stereocenters. The molecule has 0 aliphatic heterocycles. The number of nitrogens with zero attached hydrogens (tertiary/aromatic N) is 1. The van der Waals surface area contributed by atoms with Gasteiger partial charge in [-0.25, -0.2) is 8.78 Å². The van der Waals surface area contributed by atoms with E-state index in [9.17, 15) is 18.9 Å². The van der Waals surface area contributed by atoms with Gasteiger partial charge in [-0.3, -0.25) is 10.1 Å². The summed E-state index contributed by atoms with van der Waals surface area (Å²) in [7, 11) is 0. The zero-order chi connectivity index (χ0) is 15.6. The van der Waals surface area contributed by atoms with Crippen molar-refractivity contribution in [3.8, 4) is 0 Å². The fraction of sp³-hybridized carbons (Fsp3) is 0.200. The first-order valence-electron chi connectivity index (χ1n) is 6.35. The molecule has 110 valence electrons. The molecular weight excluding hydrogens is 278 g/mol. The van der Waals surface area contributed by atoms with Crippen LogP contribution in [0.15, 0.2) is 36.4 Å². The summed E-state index contributed by atoms with van der Waals surface area (Å²) in [5, 5.41) is 13.8. The molecule has 6 heteroatoms. The van der Waals surface area contributed by atoms with E-state index in [1.54, 1.807) is 19.1 Å². The average molecular weight is 292 g/mol. The quantitative estimate of drug-likeness (QED) is 0.673. The highest BCUT2D eigenvalue weighted by molar-refractivity contribution is 5.62. The lowest BCUT2D eigenvalue weighted by atomic mass is 10.0. The van der Waals surface area contributed by atoms with Gasteiger partial charge in [-0.15, -0.1) is 0 Å². The smallest absolute Gasteiger partial charge is 0.292 e. The number of hydrogen-bond acceptors (Lipinski definition) is 3. The molecule has 0 saturated carbocycles. The molecule has 0 radical (unpaired) electrons. The summed E-state index contributed by atoms with van der Waals surface area (Å²) in [5.41, 5.74) is 0.484. The monoisotopic (exact) mass is 292 g/mol. The van der Waals surface area contributed by atoms with Crippen LogP contribution in [0.1, 0.15) is 24.1 Å². The van der Waals surface area contributed by atoms with Gasteiger partial charge in [0.05, 0.1) is 11.0 Å². The molecule has 0 fully saturated rings. The molecule has 21 heavy (non-hydrogen) atoms. The molecule has 0 aliphatic rings. The second kappa shape index (κ2) is 5.87. The number of aryl methyl sites for hydroxylation is 1. The first-order chi connectivity index (χ1) is 9.90. The van der Waals surface area contributed by atoms with E-state index in [2.05, 4.69) is 5.32 Å². The number of halogens is 2. The molecule has 2 aromatic rings. The van der Waals surface area contributed by atoms with E-state index in [0.717, 1.165) is 12.1 Å². The van der Waals surface area contributed by atoms with Crippen LogP contribution in [0.4, 0.5) is 20.2 Å². The van der Waals surface area contributed by atoms with Gasteiger partial charge in [-0.05, 0) is 37.6 Å². The minimum Gasteiger partial charge on any atom is -0.373 e. The van der Waals surface area contributed by atoms with Crippen molar-refractivity contribution in [1.29, 1.82) is 0 Å². The van der Waals surface area contributed by atoms with E-state index in [1.165, 1.54) is 19.1 Å². The molecule has 0 spiro atoms. The molecule has 0 amide bonds. The average Bonchev–Trinajstić information content (AvgIpc) is 2.43. The highest BCUT2D eigenvalue weighted by Gasteiger charge is 2.18. The Morgan fingerprint density at radius 3 is 2.52 bits per heavy atom.